The normalized spacial score (nSPS) is 14.6. The van der Waals surface area contributed by atoms with Crippen molar-refractivity contribution in [2.24, 2.45) is 0 Å². The molecule has 0 radical (unpaired) electrons. The number of halogens is 1. The van der Waals surface area contributed by atoms with Gasteiger partial charge in [-0.1, -0.05) is 0 Å². The fourth-order valence-electron chi connectivity index (χ4n) is 2.98. The van der Waals surface area contributed by atoms with Crippen molar-refractivity contribution in [3.63, 3.8) is 0 Å². The number of carbonyl (C=O) groups excluding carboxylic acids is 2. The molecular formula is C19H24BrN5O4. The second-order valence-corrected chi connectivity index (χ2v) is 8.46. The maximum absolute atomic E-state index is 12.3. The second-order valence-electron chi connectivity index (χ2n) is 7.61. The number of rotatable bonds is 4. The predicted octanol–water partition coefficient (Wildman–Crippen LogP) is 3.37. The van der Waals surface area contributed by atoms with Gasteiger partial charge in [-0.25, -0.2) is 4.79 Å². The summed E-state index contributed by atoms with van der Waals surface area (Å²) >= 11 is 3.48. The Morgan fingerprint density at radius 1 is 1.31 bits per heavy atom. The van der Waals surface area contributed by atoms with Crippen LogP contribution in [0.15, 0.2) is 33.4 Å². The number of oxazole rings is 1. The summed E-state index contributed by atoms with van der Waals surface area (Å²) in [6.07, 6.45) is 1.67. The summed E-state index contributed by atoms with van der Waals surface area (Å²) in [4.78, 5) is 33.2. The van der Waals surface area contributed by atoms with Crippen molar-refractivity contribution < 1.29 is 18.7 Å². The van der Waals surface area contributed by atoms with E-state index >= 15 is 0 Å². The smallest absolute Gasteiger partial charge is 0.410 e. The Balaban J connectivity index is 1.74. The van der Waals surface area contributed by atoms with E-state index in [1.165, 1.54) is 11.2 Å². The van der Waals surface area contributed by atoms with Gasteiger partial charge in [0.05, 0.1) is 5.69 Å². The molecule has 0 spiro atoms. The molecule has 29 heavy (non-hydrogen) atoms. The third-order valence-corrected chi connectivity index (χ3v) is 5.02. The first-order valence-corrected chi connectivity index (χ1v) is 9.95. The maximum atomic E-state index is 12.3. The van der Waals surface area contributed by atoms with E-state index < -0.39 is 5.60 Å². The third kappa shape index (κ3) is 5.00. The van der Waals surface area contributed by atoms with Crippen LogP contribution in [-0.2, 0) is 9.53 Å². The van der Waals surface area contributed by atoms with Crippen LogP contribution in [0.3, 0.4) is 0 Å². The summed E-state index contributed by atoms with van der Waals surface area (Å²) in [5.74, 6) is 0.296. The van der Waals surface area contributed by atoms with E-state index in [1.807, 2.05) is 39.0 Å². The lowest BCUT2D eigenvalue weighted by atomic mass is 10.2. The van der Waals surface area contributed by atoms with Crippen LogP contribution >= 0.6 is 15.9 Å². The number of nitrogens with zero attached hydrogens (tertiary/aromatic N) is 4. The molecule has 1 aromatic carbocycles. The molecule has 9 nitrogen and oxygen atoms in total. The van der Waals surface area contributed by atoms with Gasteiger partial charge in [0.2, 0.25) is 6.41 Å². The number of anilines is 4. The van der Waals surface area contributed by atoms with Crippen molar-refractivity contribution in [3.05, 3.63) is 28.9 Å². The molecule has 10 heteroatoms. The largest absolute Gasteiger partial charge is 0.444 e. The molecule has 0 atom stereocenters. The number of nitrogen functional groups attached to an aromatic ring is 1. The number of hydrogen-bond donors (Lipinski definition) is 1. The highest BCUT2D eigenvalue weighted by Crippen LogP contribution is 2.34. The van der Waals surface area contributed by atoms with E-state index in [0.717, 1.165) is 10.2 Å². The average Bonchev–Trinajstić information content (AvgIpc) is 3.08. The number of amides is 2. The van der Waals surface area contributed by atoms with Gasteiger partial charge < -0.3 is 24.7 Å². The van der Waals surface area contributed by atoms with E-state index in [1.54, 1.807) is 4.90 Å². The van der Waals surface area contributed by atoms with Crippen LogP contribution in [0.4, 0.5) is 28.0 Å². The zero-order valence-electron chi connectivity index (χ0n) is 16.6. The van der Waals surface area contributed by atoms with E-state index in [-0.39, 0.29) is 12.1 Å². The van der Waals surface area contributed by atoms with Crippen LogP contribution in [0, 0.1) is 0 Å². The lowest BCUT2D eigenvalue weighted by molar-refractivity contribution is -0.106. The van der Waals surface area contributed by atoms with Gasteiger partial charge in [-0.15, -0.1) is 0 Å². The van der Waals surface area contributed by atoms with Gasteiger partial charge in [0, 0.05) is 36.3 Å². The number of nitrogens with two attached hydrogens (primary N) is 1. The van der Waals surface area contributed by atoms with Crippen molar-refractivity contribution >= 4 is 51.6 Å². The molecule has 2 N–H and O–H groups in total. The number of piperazine rings is 1. The summed E-state index contributed by atoms with van der Waals surface area (Å²) in [5, 5.41) is 0. The minimum atomic E-state index is -0.516. The molecule has 1 aliphatic heterocycles. The van der Waals surface area contributed by atoms with Crippen LogP contribution in [0.2, 0.25) is 0 Å². The van der Waals surface area contributed by atoms with Crippen molar-refractivity contribution in [1.29, 1.82) is 0 Å². The first-order valence-electron chi connectivity index (χ1n) is 9.16. The highest BCUT2D eigenvalue weighted by Gasteiger charge is 2.26. The zero-order valence-corrected chi connectivity index (χ0v) is 18.2. The summed E-state index contributed by atoms with van der Waals surface area (Å²) in [6.45, 7) is 7.97. The molecule has 0 saturated carbocycles. The van der Waals surface area contributed by atoms with Crippen LogP contribution in [0.5, 0.6) is 0 Å². The first-order chi connectivity index (χ1) is 13.7. The summed E-state index contributed by atoms with van der Waals surface area (Å²) in [6, 6.07) is 5.69. The maximum Gasteiger partial charge on any atom is 0.410 e. The Kier molecular flexibility index (Phi) is 6.02. The number of ether oxygens (including phenoxy) is 1. The Bertz CT molecular complexity index is 887. The van der Waals surface area contributed by atoms with Crippen molar-refractivity contribution in [3.8, 4) is 0 Å². The summed E-state index contributed by atoms with van der Waals surface area (Å²) in [5.41, 5.74) is 6.55. The van der Waals surface area contributed by atoms with Crippen LogP contribution in [0.1, 0.15) is 20.8 Å². The predicted molar refractivity (Wildman–Crippen MR) is 113 cm³/mol. The monoisotopic (exact) mass is 465 g/mol. The highest BCUT2D eigenvalue weighted by molar-refractivity contribution is 9.10. The van der Waals surface area contributed by atoms with Gasteiger partial charge in [-0.05, 0) is 54.9 Å². The van der Waals surface area contributed by atoms with Crippen molar-refractivity contribution in [1.82, 2.24) is 9.88 Å². The molecule has 0 bridgehead atoms. The van der Waals surface area contributed by atoms with Gasteiger partial charge in [0.1, 0.15) is 11.9 Å². The average molecular weight is 466 g/mol. The zero-order chi connectivity index (χ0) is 21.2. The Labute approximate surface area is 177 Å². The molecule has 1 fully saturated rings. The lowest BCUT2D eigenvalue weighted by Crippen LogP contribution is -2.50. The minimum absolute atomic E-state index is 0.0163. The minimum Gasteiger partial charge on any atom is -0.444 e. The molecule has 3 rings (SSSR count). The fraction of sp³-hybridized carbons (Fsp3) is 0.421. The SMILES string of the molecule is CC(C)(C)OC(=O)N1CCN(c2ccc(Br)c(N(C=O)c3coc(N)n3)c2)CC1. The molecular weight excluding hydrogens is 442 g/mol. The second kappa shape index (κ2) is 8.32. The molecule has 1 aromatic heterocycles. The first kappa shape index (κ1) is 21.0. The molecule has 2 aromatic rings. The van der Waals surface area contributed by atoms with Gasteiger partial charge in [0.15, 0.2) is 5.82 Å². The van der Waals surface area contributed by atoms with E-state index in [4.69, 9.17) is 14.9 Å². The molecule has 0 aliphatic carbocycles. The topological polar surface area (TPSA) is 105 Å². The Morgan fingerprint density at radius 3 is 2.55 bits per heavy atom. The van der Waals surface area contributed by atoms with E-state index in [2.05, 4.69) is 25.8 Å². The standard InChI is InChI=1S/C19H24BrN5O4/c1-19(2,3)29-18(27)24-8-6-23(7-9-24)13-4-5-14(20)15(10-13)25(12-26)16-11-28-17(21)22-16/h4-5,10-12H,6-9H2,1-3H3,(H2,21,22). The highest BCUT2D eigenvalue weighted by atomic mass is 79.9. The summed E-state index contributed by atoms with van der Waals surface area (Å²) in [7, 11) is 0. The van der Waals surface area contributed by atoms with E-state index in [9.17, 15) is 9.59 Å². The van der Waals surface area contributed by atoms with Crippen molar-refractivity contribution in [2.75, 3.05) is 41.7 Å². The van der Waals surface area contributed by atoms with Crippen LogP contribution in [0.25, 0.3) is 0 Å². The van der Waals surface area contributed by atoms with Gasteiger partial charge in [-0.2, -0.15) is 4.98 Å². The van der Waals surface area contributed by atoms with Crippen LogP contribution in [-0.4, -0.2) is 54.2 Å². The van der Waals surface area contributed by atoms with Crippen LogP contribution < -0.4 is 15.5 Å². The molecule has 2 heterocycles. The molecule has 1 aliphatic rings. The van der Waals surface area contributed by atoms with Gasteiger partial charge in [-0.3, -0.25) is 9.69 Å². The molecule has 1 saturated heterocycles. The van der Waals surface area contributed by atoms with Crippen molar-refractivity contribution in [2.45, 2.75) is 26.4 Å². The number of carbonyl (C=O) groups is 2. The molecule has 0 unspecified atom stereocenters. The lowest BCUT2D eigenvalue weighted by Gasteiger charge is -2.37. The number of aromatic nitrogens is 1. The number of benzene rings is 1. The fourth-order valence-corrected chi connectivity index (χ4v) is 3.42. The van der Waals surface area contributed by atoms with Gasteiger partial charge in [0.25, 0.3) is 6.01 Å². The molecule has 2 amide bonds. The Morgan fingerprint density at radius 2 is 2.00 bits per heavy atom. The van der Waals surface area contributed by atoms with Gasteiger partial charge >= 0.3 is 6.09 Å². The quantitative estimate of drug-likeness (QED) is 0.689. The number of hydrogen-bond acceptors (Lipinski definition) is 7. The summed E-state index contributed by atoms with van der Waals surface area (Å²) < 4.78 is 11.2. The van der Waals surface area contributed by atoms with E-state index in [0.29, 0.717) is 44.1 Å². The Hall–Kier alpha value is -2.75. The third-order valence-electron chi connectivity index (χ3n) is 4.35. The molecule has 156 valence electrons.